The van der Waals surface area contributed by atoms with Gasteiger partial charge in [0.2, 0.25) is 0 Å². The SMILES string of the molecule is O=C(O)CC1CCc2ccc(O)cc2C12CCOCC2. The molecule has 4 heteroatoms. The van der Waals surface area contributed by atoms with Gasteiger partial charge in [-0.05, 0) is 54.9 Å². The lowest BCUT2D eigenvalue weighted by atomic mass is 9.58. The minimum atomic E-state index is -0.732. The summed E-state index contributed by atoms with van der Waals surface area (Å²) in [5, 5.41) is 19.0. The maximum absolute atomic E-state index is 11.2. The summed E-state index contributed by atoms with van der Waals surface area (Å²) in [4.78, 5) is 11.2. The van der Waals surface area contributed by atoms with Crippen molar-refractivity contribution in [1.82, 2.24) is 0 Å². The summed E-state index contributed by atoms with van der Waals surface area (Å²) in [5.74, 6) is -0.326. The Balaban J connectivity index is 2.06. The number of carboxylic acids is 1. The molecule has 4 nitrogen and oxygen atoms in total. The van der Waals surface area contributed by atoms with E-state index in [1.165, 1.54) is 5.56 Å². The van der Waals surface area contributed by atoms with E-state index in [1.807, 2.05) is 12.1 Å². The molecule has 1 fully saturated rings. The van der Waals surface area contributed by atoms with Crippen LogP contribution in [0.1, 0.15) is 36.8 Å². The predicted octanol–water partition coefficient (Wildman–Crippen LogP) is 2.48. The third-order valence-electron chi connectivity index (χ3n) is 4.98. The van der Waals surface area contributed by atoms with E-state index in [-0.39, 0.29) is 23.5 Å². The topological polar surface area (TPSA) is 66.8 Å². The molecule has 1 aromatic rings. The largest absolute Gasteiger partial charge is 0.508 e. The molecule has 1 unspecified atom stereocenters. The fourth-order valence-electron chi connectivity index (χ4n) is 3.99. The van der Waals surface area contributed by atoms with Gasteiger partial charge >= 0.3 is 5.97 Å². The number of carbonyl (C=O) groups is 1. The number of aryl methyl sites for hydroxylation is 1. The maximum atomic E-state index is 11.2. The van der Waals surface area contributed by atoms with Gasteiger partial charge in [-0.2, -0.15) is 0 Å². The lowest BCUT2D eigenvalue weighted by Crippen LogP contribution is -2.44. The normalized spacial score (nSPS) is 24.3. The molecule has 1 aromatic carbocycles. The number of phenols is 1. The highest BCUT2D eigenvalue weighted by Crippen LogP contribution is 2.50. The van der Waals surface area contributed by atoms with Crippen molar-refractivity contribution in [2.45, 2.75) is 37.5 Å². The first-order valence-corrected chi connectivity index (χ1v) is 7.24. The summed E-state index contributed by atoms with van der Waals surface area (Å²) in [6.07, 6.45) is 3.71. The first-order chi connectivity index (χ1) is 9.62. The fourth-order valence-corrected chi connectivity index (χ4v) is 3.99. The van der Waals surface area contributed by atoms with Crippen LogP contribution >= 0.6 is 0 Å². The number of fused-ring (bicyclic) bond motifs is 2. The molecule has 0 radical (unpaired) electrons. The van der Waals surface area contributed by atoms with Crippen LogP contribution in [0.2, 0.25) is 0 Å². The molecule has 1 saturated heterocycles. The van der Waals surface area contributed by atoms with Gasteiger partial charge < -0.3 is 14.9 Å². The highest BCUT2D eigenvalue weighted by molar-refractivity contribution is 5.67. The van der Waals surface area contributed by atoms with Gasteiger partial charge in [0, 0.05) is 25.0 Å². The first-order valence-electron chi connectivity index (χ1n) is 7.24. The number of ether oxygens (including phenoxy) is 1. The Bertz CT molecular complexity index is 517. The Kier molecular flexibility index (Phi) is 3.42. The van der Waals surface area contributed by atoms with Crippen molar-refractivity contribution in [3.63, 3.8) is 0 Å². The Morgan fingerprint density at radius 1 is 1.35 bits per heavy atom. The molecular weight excluding hydrogens is 256 g/mol. The second-order valence-electron chi connectivity index (χ2n) is 5.94. The second-order valence-corrected chi connectivity index (χ2v) is 5.94. The van der Waals surface area contributed by atoms with E-state index in [2.05, 4.69) is 0 Å². The Hall–Kier alpha value is -1.55. The average Bonchev–Trinajstić information content (AvgIpc) is 2.44. The standard InChI is InChI=1S/C16H20O4/c17-13-4-2-11-1-3-12(9-15(18)19)16(14(11)10-13)5-7-20-8-6-16/h2,4,10,12,17H,1,3,5-9H2,(H,18,19). The molecule has 0 aromatic heterocycles. The number of hydrogen-bond donors (Lipinski definition) is 2. The van der Waals surface area contributed by atoms with Gasteiger partial charge in [-0.25, -0.2) is 0 Å². The van der Waals surface area contributed by atoms with Crippen molar-refractivity contribution in [3.8, 4) is 5.75 Å². The molecule has 1 spiro atoms. The maximum Gasteiger partial charge on any atom is 0.303 e. The molecule has 20 heavy (non-hydrogen) atoms. The van der Waals surface area contributed by atoms with Crippen LogP contribution in [-0.2, 0) is 21.4 Å². The summed E-state index contributed by atoms with van der Waals surface area (Å²) in [5.41, 5.74) is 2.27. The van der Waals surface area contributed by atoms with Gasteiger partial charge in [0.25, 0.3) is 0 Å². The van der Waals surface area contributed by atoms with E-state index in [1.54, 1.807) is 6.07 Å². The number of aliphatic carboxylic acids is 1. The third-order valence-corrected chi connectivity index (χ3v) is 4.98. The highest BCUT2D eigenvalue weighted by atomic mass is 16.5. The number of rotatable bonds is 2. The van der Waals surface area contributed by atoms with Crippen molar-refractivity contribution in [3.05, 3.63) is 29.3 Å². The van der Waals surface area contributed by atoms with Crippen LogP contribution in [-0.4, -0.2) is 29.4 Å². The molecule has 2 N–H and O–H groups in total. The van der Waals surface area contributed by atoms with Gasteiger partial charge in [0.1, 0.15) is 5.75 Å². The number of benzene rings is 1. The molecule has 108 valence electrons. The van der Waals surface area contributed by atoms with E-state index >= 15 is 0 Å². The van der Waals surface area contributed by atoms with Crippen molar-refractivity contribution < 1.29 is 19.7 Å². The van der Waals surface area contributed by atoms with Crippen LogP contribution in [0.15, 0.2) is 18.2 Å². The van der Waals surface area contributed by atoms with Crippen LogP contribution in [0.4, 0.5) is 0 Å². The second kappa shape index (κ2) is 5.09. The number of phenolic OH excluding ortho intramolecular Hbond substituents is 1. The molecule has 0 saturated carbocycles. The zero-order valence-electron chi connectivity index (χ0n) is 11.5. The summed E-state index contributed by atoms with van der Waals surface area (Å²) in [6, 6.07) is 5.55. The van der Waals surface area contributed by atoms with Gasteiger partial charge in [0.15, 0.2) is 0 Å². The number of carboxylic acid groups (broad SMARTS) is 1. The molecule has 1 atom stereocenters. The summed E-state index contributed by atoms with van der Waals surface area (Å²) < 4.78 is 5.49. The smallest absolute Gasteiger partial charge is 0.303 e. The summed E-state index contributed by atoms with van der Waals surface area (Å²) >= 11 is 0. The molecular formula is C16H20O4. The van der Waals surface area contributed by atoms with Crippen molar-refractivity contribution >= 4 is 5.97 Å². The zero-order chi connectivity index (χ0) is 14.2. The molecule has 1 aliphatic carbocycles. The zero-order valence-corrected chi connectivity index (χ0v) is 11.5. The minimum absolute atomic E-state index is 0.136. The van der Waals surface area contributed by atoms with Gasteiger partial charge in [0.05, 0.1) is 0 Å². The molecule has 1 aliphatic heterocycles. The van der Waals surface area contributed by atoms with Crippen molar-refractivity contribution in [1.29, 1.82) is 0 Å². The lowest BCUT2D eigenvalue weighted by Gasteiger charge is -2.47. The number of aromatic hydroxyl groups is 1. The molecule has 0 amide bonds. The van der Waals surface area contributed by atoms with E-state index in [9.17, 15) is 15.0 Å². The van der Waals surface area contributed by atoms with Gasteiger partial charge in [-0.15, -0.1) is 0 Å². The molecule has 1 heterocycles. The van der Waals surface area contributed by atoms with Crippen LogP contribution < -0.4 is 0 Å². The average molecular weight is 276 g/mol. The van der Waals surface area contributed by atoms with Gasteiger partial charge in [-0.1, -0.05) is 6.07 Å². The molecule has 2 aliphatic rings. The molecule has 0 bridgehead atoms. The predicted molar refractivity (Wildman–Crippen MR) is 73.9 cm³/mol. The highest BCUT2D eigenvalue weighted by Gasteiger charge is 2.45. The first kappa shape index (κ1) is 13.4. The Morgan fingerprint density at radius 3 is 2.80 bits per heavy atom. The summed E-state index contributed by atoms with van der Waals surface area (Å²) in [6.45, 7) is 1.34. The van der Waals surface area contributed by atoms with E-state index in [4.69, 9.17) is 4.74 Å². The summed E-state index contributed by atoms with van der Waals surface area (Å²) in [7, 11) is 0. The van der Waals surface area contributed by atoms with E-state index < -0.39 is 5.97 Å². The van der Waals surface area contributed by atoms with Crippen LogP contribution in [0, 0.1) is 5.92 Å². The Labute approximate surface area is 118 Å². The van der Waals surface area contributed by atoms with E-state index in [0.717, 1.165) is 31.2 Å². The number of hydrogen-bond acceptors (Lipinski definition) is 3. The van der Waals surface area contributed by atoms with E-state index in [0.29, 0.717) is 13.2 Å². The van der Waals surface area contributed by atoms with Crippen molar-refractivity contribution in [2.75, 3.05) is 13.2 Å². The Morgan fingerprint density at radius 2 is 2.10 bits per heavy atom. The lowest BCUT2D eigenvalue weighted by molar-refractivity contribution is -0.139. The molecule has 3 rings (SSSR count). The fraction of sp³-hybridized carbons (Fsp3) is 0.562. The monoisotopic (exact) mass is 276 g/mol. The van der Waals surface area contributed by atoms with Crippen LogP contribution in [0.3, 0.4) is 0 Å². The minimum Gasteiger partial charge on any atom is -0.508 e. The van der Waals surface area contributed by atoms with Crippen molar-refractivity contribution in [2.24, 2.45) is 5.92 Å². The van der Waals surface area contributed by atoms with Gasteiger partial charge in [-0.3, -0.25) is 4.79 Å². The van der Waals surface area contributed by atoms with Crippen LogP contribution in [0.5, 0.6) is 5.75 Å². The quantitative estimate of drug-likeness (QED) is 0.871. The van der Waals surface area contributed by atoms with Crippen LogP contribution in [0.25, 0.3) is 0 Å². The third kappa shape index (κ3) is 2.18.